The molecule has 0 spiro atoms. The van der Waals surface area contributed by atoms with Crippen molar-refractivity contribution in [3.05, 3.63) is 51.1 Å². The van der Waals surface area contributed by atoms with Crippen LogP contribution in [0.15, 0.2) is 23.0 Å². The lowest BCUT2D eigenvalue weighted by atomic mass is 10.0. The van der Waals surface area contributed by atoms with Crippen molar-refractivity contribution in [3.8, 4) is 0 Å². The fourth-order valence-electron chi connectivity index (χ4n) is 4.89. The molecule has 0 bridgehead atoms. The molecular weight excluding hydrogens is 428 g/mol. The average molecular weight is 467 g/mol. The monoisotopic (exact) mass is 466 g/mol. The lowest BCUT2D eigenvalue weighted by molar-refractivity contribution is 0.0475. The standard InChI is InChI=1S/C26H38N6O2/c1-7-22(24-28-29-30-32(24)26(5,6)8-2)31(16-20-10-9-13-34-20)15-19-14-21-17(3)11-12-18(4)23(21)27-25(19)33/h11-12,14,20,22H,7-10,13,15-16H2,1-6H3,(H,27,33)/t20-,22+/m1/s1. The number of aryl methyl sites for hydroxylation is 2. The normalized spacial score (nSPS) is 17.7. The molecule has 1 aliphatic heterocycles. The maximum atomic E-state index is 13.2. The van der Waals surface area contributed by atoms with E-state index in [4.69, 9.17) is 4.74 Å². The van der Waals surface area contributed by atoms with Gasteiger partial charge in [-0.15, -0.1) is 5.10 Å². The first-order chi connectivity index (χ1) is 16.2. The number of aromatic nitrogens is 5. The zero-order chi connectivity index (χ0) is 24.5. The van der Waals surface area contributed by atoms with Crippen LogP contribution in [0.3, 0.4) is 0 Å². The summed E-state index contributed by atoms with van der Waals surface area (Å²) >= 11 is 0. The highest BCUT2D eigenvalue weighted by molar-refractivity contribution is 5.85. The van der Waals surface area contributed by atoms with Crippen LogP contribution in [0, 0.1) is 13.8 Å². The van der Waals surface area contributed by atoms with Crippen molar-refractivity contribution in [2.45, 2.75) is 91.5 Å². The van der Waals surface area contributed by atoms with Crippen LogP contribution in [0.1, 0.15) is 81.9 Å². The van der Waals surface area contributed by atoms with Gasteiger partial charge < -0.3 is 9.72 Å². The number of pyridine rings is 1. The highest BCUT2D eigenvalue weighted by Gasteiger charge is 2.32. The second-order valence-electron chi connectivity index (χ2n) is 10.2. The van der Waals surface area contributed by atoms with Gasteiger partial charge in [-0.1, -0.05) is 26.0 Å². The topological polar surface area (TPSA) is 88.9 Å². The fraction of sp³-hybridized carbons (Fsp3) is 0.615. The first kappa shape index (κ1) is 24.5. The molecule has 2 atom stereocenters. The summed E-state index contributed by atoms with van der Waals surface area (Å²) in [5, 5.41) is 14.0. The Morgan fingerprint density at radius 1 is 1.26 bits per heavy atom. The van der Waals surface area contributed by atoms with Crippen molar-refractivity contribution in [1.29, 1.82) is 0 Å². The molecule has 1 aliphatic rings. The van der Waals surface area contributed by atoms with Crippen molar-refractivity contribution in [2.24, 2.45) is 0 Å². The van der Waals surface area contributed by atoms with Gasteiger partial charge in [-0.2, -0.15) is 0 Å². The number of nitrogens with zero attached hydrogens (tertiary/aromatic N) is 5. The van der Waals surface area contributed by atoms with Gasteiger partial charge in [-0.25, -0.2) is 4.68 Å². The van der Waals surface area contributed by atoms with E-state index in [1.165, 1.54) is 0 Å². The molecule has 34 heavy (non-hydrogen) atoms. The summed E-state index contributed by atoms with van der Waals surface area (Å²) in [4.78, 5) is 18.7. The molecule has 0 aliphatic carbocycles. The summed E-state index contributed by atoms with van der Waals surface area (Å²) in [7, 11) is 0. The molecule has 8 heteroatoms. The number of benzene rings is 1. The predicted molar refractivity (Wildman–Crippen MR) is 134 cm³/mol. The minimum atomic E-state index is -0.198. The summed E-state index contributed by atoms with van der Waals surface area (Å²) in [6, 6.07) is 6.20. The zero-order valence-corrected chi connectivity index (χ0v) is 21.4. The second kappa shape index (κ2) is 9.96. The molecule has 0 amide bonds. The van der Waals surface area contributed by atoms with E-state index in [-0.39, 0.29) is 23.2 Å². The fourth-order valence-corrected chi connectivity index (χ4v) is 4.89. The number of hydrogen-bond acceptors (Lipinski definition) is 6. The first-order valence-electron chi connectivity index (χ1n) is 12.5. The molecule has 1 N–H and O–H groups in total. The number of rotatable bonds is 9. The highest BCUT2D eigenvalue weighted by Crippen LogP contribution is 2.30. The van der Waals surface area contributed by atoms with E-state index in [2.05, 4.69) is 78.2 Å². The van der Waals surface area contributed by atoms with Crippen LogP contribution in [0.25, 0.3) is 10.9 Å². The quantitative estimate of drug-likeness (QED) is 0.503. The van der Waals surface area contributed by atoms with Crippen molar-refractivity contribution in [1.82, 2.24) is 30.1 Å². The van der Waals surface area contributed by atoms with Crippen molar-refractivity contribution in [3.63, 3.8) is 0 Å². The van der Waals surface area contributed by atoms with E-state index >= 15 is 0 Å². The molecule has 0 radical (unpaired) electrons. The maximum absolute atomic E-state index is 13.2. The van der Waals surface area contributed by atoms with Gasteiger partial charge in [0.1, 0.15) is 0 Å². The Hall–Kier alpha value is -2.58. The molecular formula is C26H38N6O2. The summed E-state index contributed by atoms with van der Waals surface area (Å²) in [5.41, 5.74) is 3.67. The van der Waals surface area contributed by atoms with Gasteiger partial charge in [0.2, 0.25) is 0 Å². The Kier molecular flexibility index (Phi) is 7.19. The predicted octanol–water partition coefficient (Wildman–Crippen LogP) is 4.41. The number of tetrazole rings is 1. The number of ether oxygens (including phenoxy) is 1. The largest absolute Gasteiger partial charge is 0.377 e. The lowest BCUT2D eigenvalue weighted by Gasteiger charge is -2.34. The maximum Gasteiger partial charge on any atom is 0.252 e. The Bertz CT molecular complexity index is 1190. The molecule has 0 unspecified atom stereocenters. The summed E-state index contributed by atoms with van der Waals surface area (Å²) in [5.74, 6) is 0.844. The van der Waals surface area contributed by atoms with Gasteiger partial charge in [0.15, 0.2) is 5.82 Å². The van der Waals surface area contributed by atoms with Crippen LogP contribution in [0.2, 0.25) is 0 Å². The molecule has 4 rings (SSSR count). The molecule has 3 aromatic rings. The number of nitrogens with one attached hydrogen (secondary N) is 1. The van der Waals surface area contributed by atoms with Crippen LogP contribution in [0.5, 0.6) is 0 Å². The summed E-state index contributed by atoms with van der Waals surface area (Å²) in [6.45, 7) is 14.8. The molecule has 2 aromatic heterocycles. The number of aromatic amines is 1. The Morgan fingerprint density at radius 2 is 2.03 bits per heavy atom. The van der Waals surface area contributed by atoms with Gasteiger partial charge in [0, 0.05) is 30.6 Å². The third-order valence-electron chi connectivity index (χ3n) is 7.41. The molecule has 0 saturated carbocycles. The first-order valence-corrected chi connectivity index (χ1v) is 12.5. The van der Waals surface area contributed by atoms with E-state index in [1.807, 2.05) is 11.6 Å². The summed E-state index contributed by atoms with van der Waals surface area (Å²) < 4.78 is 7.96. The van der Waals surface area contributed by atoms with Gasteiger partial charge in [0.25, 0.3) is 5.56 Å². The van der Waals surface area contributed by atoms with Gasteiger partial charge in [-0.05, 0) is 81.0 Å². The van der Waals surface area contributed by atoms with Crippen LogP contribution >= 0.6 is 0 Å². The van der Waals surface area contributed by atoms with E-state index in [9.17, 15) is 4.79 Å². The SMILES string of the molecule is CC[C@@H](c1nnnn1C(C)(C)CC)N(Cc1cc2c(C)ccc(C)c2[nH]c1=O)C[C@H]1CCCO1. The van der Waals surface area contributed by atoms with Crippen LogP contribution in [-0.2, 0) is 16.8 Å². The van der Waals surface area contributed by atoms with E-state index in [1.54, 1.807) is 0 Å². The Balaban J connectivity index is 1.75. The summed E-state index contributed by atoms with van der Waals surface area (Å²) in [6.07, 6.45) is 4.00. The molecule has 1 saturated heterocycles. The van der Waals surface area contributed by atoms with E-state index in [0.29, 0.717) is 6.54 Å². The molecule has 3 heterocycles. The van der Waals surface area contributed by atoms with Crippen LogP contribution < -0.4 is 5.56 Å². The highest BCUT2D eigenvalue weighted by atomic mass is 16.5. The second-order valence-corrected chi connectivity index (χ2v) is 10.2. The van der Waals surface area contributed by atoms with Gasteiger partial charge in [-0.3, -0.25) is 9.69 Å². The smallest absolute Gasteiger partial charge is 0.252 e. The van der Waals surface area contributed by atoms with Crippen LogP contribution in [-0.4, -0.2) is 49.3 Å². The van der Waals surface area contributed by atoms with Crippen LogP contribution in [0.4, 0.5) is 0 Å². The zero-order valence-electron chi connectivity index (χ0n) is 21.4. The third kappa shape index (κ3) is 4.79. The number of hydrogen-bond donors (Lipinski definition) is 1. The van der Waals surface area contributed by atoms with E-state index < -0.39 is 0 Å². The van der Waals surface area contributed by atoms with Gasteiger partial charge >= 0.3 is 0 Å². The Morgan fingerprint density at radius 3 is 2.71 bits per heavy atom. The number of H-pyrrole nitrogens is 1. The minimum Gasteiger partial charge on any atom is -0.377 e. The molecule has 8 nitrogen and oxygen atoms in total. The lowest BCUT2D eigenvalue weighted by Crippen LogP contribution is -2.39. The van der Waals surface area contributed by atoms with Crippen molar-refractivity contribution >= 4 is 10.9 Å². The average Bonchev–Trinajstić information content (AvgIpc) is 3.50. The van der Waals surface area contributed by atoms with Gasteiger partial charge in [0.05, 0.1) is 23.2 Å². The number of fused-ring (bicyclic) bond motifs is 1. The third-order valence-corrected chi connectivity index (χ3v) is 7.41. The molecule has 1 aromatic carbocycles. The molecule has 184 valence electrons. The van der Waals surface area contributed by atoms with Crippen molar-refractivity contribution in [2.75, 3.05) is 13.2 Å². The van der Waals surface area contributed by atoms with E-state index in [0.717, 1.165) is 72.3 Å². The van der Waals surface area contributed by atoms with Crippen molar-refractivity contribution < 1.29 is 4.74 Å². The molecule has 1 fully saturated rings. The minimum absolute atomic E-state index is 0.0290. The Labute approximate surface area is 201 Å².